The summed E-state index contributed by atoms with van der Waals surface area (Å²) in [4.78, 5) is 43.8. The Labute approximate surface area is 113 Å². The maximum absolute atomic E-state index is 11.0. The van der Waals surface area contributed by atoms with Gasteiger partial charge in [0, 0.05) is 0 Å². The van der Waals surface area contributed by atoms with Crippen molar-refractivity contribution in [3.8, 4) is 0 Å². The van der Waals surface area contributed by atoms with Crippen molar-refractivity contribution >= 4 is 28.3 Å². The molecule has 0 aliphatic heterocycles. The van der Waals surface area contributed by atoms with Crippen molar-refractivity contribution in [2.24, 2.45) is 0 Å². The van der Waals surface area contributed by atoms with Crippen LogP contribution in [0.25, 0.3) is 0 Å². The molecule has 0 atom stereocenters. The van der Waals surface area contributed by atoms with Gasteiger partial charge in [-0.25, -0.2) is 0 Å². The summed E-state index contributed by atoms with van der Waals surface area (Å²) >= 11 is 4.76. The van der Waals surface area contributed by atoms with Crippen LogP contribution >= 0.6 is 0 Å². The average Bonchev–Trinajstić information content (AvgIpc) is 2.25. The fraction of sp³-hybridized carbons (Fsp3) is 0. The fourth-order valence-electron chi connectivity index (χ4n) is 1.44. The first-order chi connectivity index (χ1) is 8.68. The molecule has 0 radical (unpaired) electrons. The molecule has 1 rings (SSSR count). The van der Waals surface area contributed by atoms with Crippen LogP contribution in [0.5, 0.6) is 0 Å². The van der Waals surface area contributed by atoms with Gasteiger partial charge in [-0.1, -0.05) is 0 Å². The second-order valence-electron chi connectivity index (χ2n) is 3.21. The summed E-state index contributed by atoms with van der Waals surface area (Å²) in [7, 11) is 0. The standard InChI is InChI=1S/C10H5O8.Cu/c11-7(12)3-1-2-4(8(13)14)6(10(17)18)5(3)9(15)16;/h1H,(H,11,12)(H,13,14)(H,15,16)(H,17,18);. The second-order valence-corrected chi connectivity index (χ2v) is 3.72. The predicted octanol–water partition coefficient (Wildman–Crippen LogP) is -0.348. The Balaban J connectivity index is 3.98. The molecule has 9 heteroatoms. The van der Waals surface area contributed by atoms with E-state index in [0.717, 1.165) is 0 Å². The van der Waals surface area contributed by atoms with Crippen LogP contribution in [0.2, 0.25) is 0 Å². The van der Waals surface area contributed by atoms with E-state index in [1.165, 1.54) is 0 Å². The third-order valence-corrected chi connectivity index (χ3v) is 2.49. The van der Waals surface area contributed by atoms with Crippen molar-refractivity contribution in [1.29, 1.82) is 0 Å². The molecule has 0 aromatic heterocycles. The molecule has 0 amide bonds. The summed E-state index contributed by atoms with van der Waals surface area (Å²) in [6.07, 6.45) is 0. The molecule has 0 heterocycles. The maximum atomic E-state index is 11.0. The molecular weight excluding hydrogens is 312 g/mol. The van der Waals surface area contributed by atoms with Gasteiger partial charge in [-0.15, -0.1) is 0 Å². The molecule has 19 heavy (non-hydrogen) atoms. The first kappa shape index (κ1) is 14.7. The average molecular weight is 317 g/mol. The zero-order valence-corrected chi connectivity index (χ0v) is 9.74. The van der Waals surface area contributed by atoms with Crippen LogP contribution in [0.3, 0.4) is 0 Å². The molecule has 0 aliphatic carbocycles. The van der Waals surface area contributed by atoms with Gasteiger partial charge in [-0.05, 0) is 0 Å². The summed E-state index contributed by atoms with van der Waals surface area (Å²) in [5.74, 6) is -7.24. The quantitative estimate of drug-likeness (QED) is 0.551. The molecule has 1 aromatic carbocycles. The van der Waals surface area contributed by atoms with Crippen LogP contribution in [0.15, 0.2) is 6.07 Å². The third-order valence-electron chi connectivity index (χ3n) is 2.12. The topological polar surface area (TPSA) is 149 Å². The van der Waals surface area contributed by atoms with Gasteiger partial charge in [0.25, 0.3) is 0 Å². The van der Waals surface area contributed by atoms with Crippen molar-refractivity contribution < 1.29 is 55.6 Å². The Bertz CT molecular complexity index is 618. The SMILES string of the molecule is O=C(O)c1c[c]([Cu])c(C(=O)O)c(C(=O)O)c1C(=O)O. The van der Waals surface area contributed by atoms with Crippen LogP contribution in [-0.4, -0.2) is 44.3 Å². The molecule has 0 fully saturated rings. The molecule has 0 bridgehead atoms. The molecule has 0 aliphatic rings. The molecule has 1 aromatic rings. The molecule has 4 N–H and O–H groups in total. The van der Waals surface area contributed by atoms with Gasteiger partial charge < -0.3 is 0 Å². The van der Waals surface area contributed by atoms with Crippen LogP contribution in [-0.2, 0) is 16.0 Å². The van der Waals surface area contributed by atoms with E-state index >= 15 is 0 Å². The summed E-state index contributed by atoms with van der Waals surface area (Å²) in [6, 6.07) is 0.627. The van der Waals surface area contributed by atoms with Gasteiger partial charge in [-0.3, -0.25) is 0 Å². The number of rotatable bonds is 4. The van der Waals surface area contributed by atoms with Crippen molar-refractivity contribution in [3.05, 3.63) is 28.3 Å². The number of carboxylic acids is 4. The first-order valence-corrected chi connectivity index (χ1v) is 4.91. The summed E-state index contributed by atoms with van der Waals surface area (Å²) < 4.78 is -0.584. The van der Waals surface area contributed by atoms with Gasteiger partial charge in [0.2, 0.25) is 0 Å². The predicted molar refractivity (Wildman–Crippen MR) is 53.9 cm³/mol. The molecule has 8 nitrogen and oxygen atoms in total. The van der Waals surface area contributed by atoms with Crippen molar-refractivity contribution in [1.82, 2.24) is 0 Å². The number of benzene rings is 1. The van der Waals surface area contributed by atoms with E-state index in [2.05, 4.69) is 0 Å². The minimum atomic E-state index is -1.89. The Hall–Kier alpha value is -2.38. The molecular formula is C10H5CuO8. The van der Waals surface area contributed by atoms with Crippen LogP contribution in [0.4, 0.5) is 0 Å². The zero-order valence-electron chi connectivity index (χ0n) is 8.80. The summed E-state index contributed by atoms with van der Waals surface area (Å²) in [5.41, 5.74) is -4.09. The fourth-order valence-corrected chi connectivity index (χ4v) is 1.79. The van der Waals surface area contributed by atoms with Crippen molar-refractivity contribution in [2.45, 2.75) is 0 Å². The molecule has 104 valence electrons. The molecule has 0 unspecified atom stereocenters. The molecule has 0 saturated carbocycles. The summed E-state index contributed by atoms with van der Waals surface area (Å²) in [5, 5.41) is 35.5. The van der Waals surface area contributed by atoms with Crippen LogP contribution in [0.1, 0.15) is 41.4 Å². The monoisotopic (exact) mass is 316 g/mol. The van der Waals surface area contributed by atoms with Gasteiger partial charge in [-0.2, -0.15) is 0 Å². The number of aromatic carboxylic acids is 4. The Morgan fingerprint density at radius 1 is 0.737 bits per heavy atom. The van der Waals surface area contributed by atoms with Gasteiger partial charge in [0.15, 0.2) is 0 Å². The van der Waals surface area contributed by atoms with E-state index in [0.29, 0.717) is 6.07 Å². The number of hydrogen-bond donors (Lipinski definition) is 4. The van der Waals surface area contributed by atoms with Crippen molar-refractivity contribution in [3.63, 3.8) is 0 Å². The number of hydrogen-bond acceptors (Lipinski definition) is 4. The Morgan fingerprint density at radius 3 is 1.47 bits per heavy atom. The third kappa shape index (κ3) is 2.56. The van der Waals surface area contributed by atoms with E-state index < -0.39 is 50.6 Å². The van der Waals surface area contributed by atoms with Gasteiger partial charge in [0.05, 0.1) is 0 Å². The van der Waals surface area contributed by atoms with Crippen LogP contribution in [0, 0.1) is 0 Å². The van der Waals surface area contributed by atoms with E-state index in [4.69, 9.17) is 36.4 Å². The van der Waals surface area contributed by atoms with E-state index in [1.807, 2.05) is 0 Å². The van der Waals surface area contributed by atoms with E-state index in [9.17, 15) is 19.2 Å². The molecule has 0 spiro atoms. The van der Waals surface area contributed by atoms with Crippen molar-refractivity contribution in [2.75, 3.05) is 0 Å². The Morgan fingerprint density at radius 2 is 1.16 bits per heavy atom. The van der Waals surface area contributed by atoms with E-state index in [1.54, 1.807) is 0 Å². The molecule has 0 saturated heterocycles. The van der Waals surface area contributed by atoms with Gasteiger partial charge >= 0.3 is 112 Å². The van der Waals surface area contributed by atoms with E-state index in [-0.39, 0.29) is 0 Å². The first-order valence-electron chi connectivity index (χ1n) is 4.44. The number of carbonyl (C=O) groups is 4. The van der Waals surface area contributed by atoms with Crippen LogP contribution < -0.4 is 4.46 Å². The summed E-state index contributed by atoms with van der Waals surface area (Å²) in [6.45, 7) is 0. The number of carboxylic acid groups (broad SMARTS) is 4. The normalized spacial score (nSPS) is 10.0. The second kappa shape index (κ2) is 5.09. The zero-order chi connectivity index (χ0) is 14.9. The Kier molecular flexibility index (Phi) is 3.93. The van der Waals surface area contributed by atoms with Gasteiger partial charge in [0.1, 0.15) is 0 Å². The minimum absolute atomic E-state index is 0.584.